The largest absolute Gasteiger partial charge is 0.444 e. The maximum absolute atomic E-state index is 13.3. The van der Waals surface area contributed by atoms with E-state index in [1.807, 2.05) is 25.7 Å². The first-order chi connectivity index (χ1) is 22.8. The average Bonchev–Trinajstić information content (AvgIpc) is 3.58. The van der Waals surface area contributed by atoms with Crippen LogP contribution in [0.2, 0.25) is 0 Å². The molecule has 1 aliphatic carbocycles. The Labute approximate surface area is 287 Å². The number of benzene rings is 1. The SMILES string of the molecule is CCCCCCCCCCCCCCC(CNC1CC2CN(C(=O)OC(C)(C)C)CC2C1COC)NC(=O)c1cccc(C(F)(F)F)c1. The molecule has 10 heteroatoms. The molecule has 1 aromatic carbocycles. The van der Waals surface area contributed by atoms with Gasteiger partial charge in [-0.1, -0.05) is 90.0 Å². The van der Waals surface area contributed by atoms with Gasteiger partial charge in [0.2, 0.25) is 0 Å². The lowest BCUT2D eigenvalue weighted by Gasteiger charge is -2.29. The molecule has 2 aliphatic rings. The molecule has 1 heterocycles. The van der Waals surface area contributed by atoms with Gasteiger partial charge in [0.1, 0.15) is 5.60 Å². The highest BCUT2D eigenvalue weighted by atomic mass is 19.4. The second kappa shape index (κ2) is 19.8. The Morgan fingerprint density at radius 1 is 0.938 bits per heavy atom. The smallest absolute Gasteiger partial charge is 0.416 e. The van der Waals surface area contributed by atoms with E-state index >= 15 is 0 Å². The molecule has 48 heavy (non-hydrogen) atoms. The zero-order valence-corrected chi connectivity index (χ0v) is 30.1. The van der Waals surface area contributed by atoms with Gasteiger partial charge in [-0.15, -0.1) is 0 Å². The van der Waals surface area contributed by atoms with Crippen LogP contribution in [0, 0.1) is 17.8 Å². The Bertz CT molecular complexity index is 1110. The van der Waals surface area contributed by atoms with E-state index in [9.17, 15) is 22.8 Å². The standard InChI is InChI=1S/C38H62F3N3O4/c1-6-7-8-9-10-11-12-13-14-15-16-17-21-31(43-35(45)28-19-18-20-30(22-28)38(39,40)41)24-42-34-23-29-25-44(36(46)48-37(2,3)4)26-32(29)33(34)27-47-5/h18-20,22,29,31-34,42H,6-17,21,23-27H2,1-5H3,(H,43,45). The van der Waals surface area contributed by atoms with Crippen LogP contribution in [0.25, 0.3) is 0 Å². The molecule has 274 valence electrons. The average molecular weight is 682 g/mol. The number of halogens is 3. The lowest BCUT2D eigenvalue weighted by Crippen LogP contribution is -2.47. The molecular weight excluding hydrogens is 619 g/mol. The fraction of sp³-hybridized carbons (Fsp3) is 0.789. The van der Waals surface area contributed by atoms with Crippen molar-refractivity contribution in [3.05, 3.63) is 35.4 Å². The van der Waals surface area contributed by atoms with Gasteiger partial charge in [0.05, 0.1) is 12.2 Å². The molecule has 5 atom stereocenters. The van der Waals surface area contributed by atoms with E-state index in [0.717, 1.165) is 44.2 Å². The second-order valence-electron chi connectivity index (χ2n) is 15.1. The van der Waals surface area contributed by atoms with Crippen LogP contribution in [-0.2, 0) is 15.7 Å². The quantitative estimate of drug-likeness (QED) is 0.134. The summed E-state index contributed by atoms with van der Waals surface area (Å²) in [5.41, 5.74) is -1.36. The van der Waals surface area contributed by atoms with Crippen molar-refractivity contribution >= 4 is 12.0 Å². The number of likely N-dealkylation sites (tertiary alicyclic amines) is 1. The molecular formula is C38H62F3N3O4. The minimum absolute atomic E-state index is 0.0133. The highest BCUT2D eigenvalue weighted by Gasteiger charge is 2.49. The number of hydrogen-bond acceptors (Lipinski definition) is 5. The number of nitrogens with zero attached hydrogens (tertiary/aromatic N) is 1. The predicted molar refractivity (Wildman–Crippen MR) is 185 cm³/mol. The summed E-state index contributed by atoms with van der Waals surface area (Å²) < 4.78 is 51.3. The van der Waals surface area contributed by atoms with Crippen LogP contribution in [0.1, 0.15) is 134 Å². The van der Waals surface area contributed by atoms with Crippen LogP contribution < -0.4 is 10.6 Å². The van der Waals surface area contributed by atoms with Crippen molar-refractivity contribution in [1.82, 2.24) is 15.5 Å². The molecule has 2 N–H and O–H groups in total. The highest BCUT2D eigenvalue weighted by molar-refractivity contribution is 5.94. The first-order valence-corrected chi connectivity index (χ1v) is 18.5. The fourth-order valence-electron chi connectivity index (χ4n) is 7.43. The van der Waals surface area contributed by atoms with E-state index in [1.165, 1.54) is 69.9 Å². The Kier molecular flexibility index (Phi) is 16.5. The molecule has 7 nitrogen and oxygen atoms in total. The van der Waals surface area contributed by atoms with E-state index in [4.69, 9.17) is 9.47 Å². The number of methoxy groups -OCH3 is 1. The van der Waals surface area contributed by atoms with Crippen LogP contribution >= 0.6 is 0 Å². The molecule has 1 aromatic rings. The molecule has 1 aliphatic heterocycles. The molecule has 3 rings (SSSR count). The summed E-state index contributed by atoms with van der Waals surface area (Å²) in [7, 11) is 1.69. The van der Waals surface area contributed by atoms with Crippen molar-refractivity contribution in [3.8, 4) is 0 Å². The third kappa shape index (κ3) is 13.5. The minimum atomic E-state index is -4.51. The zero-order valence-electron chi connectivity index (χ0n) is 30.1. The first-order valence-electron chi connectivity index (χ1n) is 18.5. The fourth-order valence-corrected chi connectivity index (χ4v) is 7.43. The number of carbonyl (C=O) groups is 2. The summed E-state index contributed by atoms with van der Waals surface area (Å²) in [4.78, 5) is 27.8. The summed E-state index contributed by atoms with van der Waals surface area (Å²) in [6, 6.07) is 4.55. The van der Waals surface area contributed by atoms with Crippen LogP contribution in [0.3, 0.4) is 0 Å². The molecule has 1 saturated heterocycles. The molecule has 5 unspecified atom stereocenters. The second-order valence-corrected chi connectivity index (χ2v) is 15.1. The zero-order chi connectivity index (χ0) is 35.2. The monoisotopic (exact) mass is 681 g/mol. The number of nitrogens with one attached hydrogen (secondary N) is 2. The number of alkyl halides is 3. The number of rotatable bonds is 20. The van der Waals surface area contributed by atoms with E-state index < -0.39 is 23.2 Å². The van der Waals surface area contributed by atoms with Crippen molar-refractivity contribution < 1.29 is 32.2 Å². The maximum Gasteiger partial charge on any atom is 0.416 e. The van der Waals surface area contributed by atoms with Crippen molar-refractivity contribution in [1.29, 1.82) is 0 Å². The van der Waals surface area contributed by atoms with Gasteiger partial charge in [-0.25, -0.2) is 4.79 Å². The topological polar surface area (TPSA) is 79.9 Å². The lowest BCUT2D eigenvalue weighted by molar-refractivity contribution is -0.137. The molecule has 0 aromatic heterocycles. The Morgan fingerprint density at radius 2 is 1.56 bits per heavy atom. The van der Waals surface area contributed by atoms with Gasteiger partial charge in [0.25, 0.3) is 5.91 Å². The third-order valence-corrected chi connectivity index (χ3v) is 9.95. The Balaban J connectivity index is 1.54. The van der Waals surface area contributed by atoms with E-state index in [-0.39, 0.29) is 35.6 Å². The van der Waals surface area contributed by atoms with Gasteiger partial charge in [-0.3, -0.25) is 4.79 Å². The lowest BCUT2D eigenvalue weighted by atomic mass is 9.92. The van der Waals surface area contributed by atoms with Crippen molar-refractivity contribution in [3.63, 3.8) is 0 Å². The Morgan fingerprint density at radius 3 is 2.15 bits per heavy atom. The highest BCUT2D eigenvalue weighted by Crippen LogP contribution is 2.43. The summed E-state index contributed by atoms with van der Waals surface area (Å²) in [5.74, 6) is 0.310. The van der Waals surface area contributed by atoms with Crippen molar-refractivity contribution in [2.24, 2.45) is 17.8 Å². The summed E-state index contributed by atoms with van der Waals surface area (Å²) >= 11 is 0. The first kappa shape index (κ1) is 40.1. The van der Waals surface area contributed by atoms with Gasteiger partial charge in [0.15, 0.2) is 0 Å². The molecule has 1 saturated carbocycles. The van der Waals surface area contributed by atoms with E-state index in [0.29, 0.717) is 32.2 Å². The normalized spacial score (nSPS) is 21.7. The number of unbranched alkanes of at least 4 members (excludes halogenated alkanes) is 11. The molecule has 2 amide bonds. The van der Waals surface area contributed by atoms with Gasteiger partial charge < -0.3 is 25.0 Å². The maximum atomic E-state index is 13.3. The van der Waals surface area contributed by atoms with E-state index in [2.05, 4.69) is 17.6 Å². The van der Waals surface area contributed by atoms with Gasteiger partial charge in [-0.05, 0) is 63.6 Å². The molecule has 0 spiro atoms. The van der Waals surface area contributed by atoms with Crippen molar-refractivity contribution in [2.75, 3.05) is 33.4 Å². The molecule has 0 radical (unpaired) electrons. The molecule has 2 fully saturated rings. The van der Waals surface area contributed by atoms with Crippen LogP contribution in [0.5, 0.6) is 0 Å². The van der Waals surface area contributed by atoms with Crippen LogP contribution in [0.4, 0.5) is 18.0 Å². The summed E-state index contributed by atoms with van der Waals surface area (Å²) in [6.07, 6.45) is 11.7. The van der Waals surface area contributed by atoms with Crippen molar-refractivity contribution in [2.45, 2.75) is 141 Å². The van der Waals surface area contributed by atoms with Gasteiger partial charge in [-0.2, -0.15) is 13.2 Å². The number of ether oxygens (including phenoxy) is 2. The number of fused-ring (bicyclic) bond motifs is 1. The molecule has 0 bridgehead atoms. The number of hydrogen-bond donors (Lipinski definition) is 2. The predicted octanol–water partition coefficient (Wildman–Crippen LogP) is 9.00. The number of amides is 2. The third-order valence-electron chi connectivity index (χ3n) is 9.95. The Hall–Kier alpha value is -2.33. The van der Waals surface area contributed by atoms with Crippen LogP contribution in [0.15, 0.2) is 24.3 Å². The number of carbonyl (C=O) groups excluding carboxylic acids is 2. The van der Waals surface area contributed by atoms with Gasteiger partial charge >= 0.3 is 12.3 Å². The van der Waals surface area contributed by atoms with E-state index in [1.54, 1.807) is 7.11 Å². The van der Waals surface area contributed by atoms with Gasteiger partial charge in [0, 0.05) is 50.3 Å². The minimum Gasteiger partial charge on any atom is -0.444 e. The summed E-state index contributed by atoms with van der Waals surface area (Å²) in [6.45, 7) is 10.2. The van der Waals surface area contributed by atoms with Crippen LogP contribution in [-0.4, -0.2) is 67.9 Å². The summed E-state index contributed by atoms with van der Waals surface area (Å²) in [5, 5.41) is 6.75.